The van der Waals surface area contributed by atoms with Crippen molar-refractivity contribution >= 4 is 39.1 Å². The molecule has 1 aliphatic rings. The van der Waals surface area contributed by atoms with Crippen LogP contribution in [0.25, 0.3) is 0 Å². The van der Waals surface area contributed by atoms with Crippen molar-refractivity contribution in [2.24, 2.45) is 0 Å². The second kappa shape index (κ2) is 11.4. The molecule has 9 heteroatoms. The Morgan fingerprint density at radius 1 is 0.906 bits per heavy atom. The Morgan fingerprint density at radius 2 is 1.53 bits per heavy atom. The number of anilines is 1. The van der Waals surface area contributed by atoms with Crippen molar-refractivity contribution in [3.63, 3.8) is 0 Å². The number of amides is 2. The molecular weight excluding hydrogens is 450 g/mol. The van der Waals surface area contributed by atoms with Crippen LogP contribution in [0.1, 0.15) is 48.9 Å². The largest absolute Gasteiger partial charge is 0.352 e. The molecule has 2 aromatic carbocycles. The van der Waals surface area contributed by atoms with E-state index in [0.29, 0.717) is 42.3 Å². The van der Waals surface area contributed by atoms with Crippen LogP contribution in [0.3, 0.4) is 0 Å². The van der Waals surface area contributed by atoms with E-state index >= 15 is 0 Å². The Kier molecular flexibility index (Phi) is 8.67. The number of halogens is 1. The van der Waals surface area contributed by atoms with Gasteiger partial charge in [-0.1, -0.05) is 24.4 Å². The molecule has 1 fully saturated rings. The maximum atomic E-state index is 12.8. The first kappa shape index (κ1) is 24.2. The highest BCUT2D eigenvalue weighted by Gasteiger charge is 2.24. The summed E-state index contributed by atoms with van der Waals surface area (Å²) in [6, 6.07) is 12.8. The highest BCUT2D eigenvalue weighted by atomic mass is 35.5. The van der Waals surface area contributed by atoms with Gasteiger partial charge in [0.2, 0.25) is 15.9 Å². The van der Waals surface area contributed by atoms with Gasteiger partial charge in [0.15, 0.2) is 0 Å². The van der Waals surface area contributed by atoms with E-state index in [9.17, 15) is 18.0 Å². The van der Waals surface area contributed by atoms with Crippen molar-refractivity contribution in [3.05, 3.63) is 59.1 Å². The topological polar surface area (TPSA) is 95.6 Å². The molecule has 0 saturated carbocycles. The molecule has 0 spiro atoms. The number of nitrogens with zero attached hydrogens (tertiary/aromatic N) is 1. The average Bonchev–Trinajstić information content (AvgIpc) is 3.08. The molecule has 2 amide bonds. The van der Waals surface area contributed by atoms with Gasteiger partial charge in [-0.05, 0) is 67.8 Å². The standard InChI is InChI=1S/C23H28ClN3O4S/c24-19-9-7-18(8-10-19)23(29)25-15-5-6-22(28)26-20-11-13-21(14-12-20)32(30,31)27-16-3-1-2-4-17-27/h7-14H,1-6,15-17H2,(H,25,29)(H,26,28). The van der Waals surface area contributed by atoms with Crippen molar-refractivity contribution in [2.45, 2.75) is 43.4 Å². The smallest absolute Gasteiger partial charge is 0.251 e. The summed E-state index contributed by atoms with van der Waals surface area (Å²) in [5.74, 6) is -0.419. The van der Waals surface area contributed by atoms with Gasteiger partial charge in [-0.25, -0.2) is 8.42 Å². The molecule has 1 aliphatic heterocycles. The zero-order valence-corrected chi connectivity index (χ0v) is 19.4. The summed E-state index contributed by atoms with van der Waals surface area (Å²) >= 11 is 5.81. The predicted molar refractivity (Wildman–Crippen MR) is 125 cm³/mol. The van der Waals surface area contributed by atoms with Crippen molar-refractivity contribution < 1.29 is 18.0 Å². The molecular formula is C23H28ClN3O4S. The van der Waals surface area contributed by atoms with Crippen LogP contribution in [-0.4, -0.2) is 44.2 Å². The Hall–Kier alpha value is -2.42. The van der Waals surface area contributed by atoms with Gasteiger partial charge < -0.3 is 10.6 Å². The minimum atomic E-state index is -3.51. The van der Waals surface area contributed by atoms with E-state index in [0.717, 1.165) is 25.7 Å². The molecule has 7 nitrogen and oxygen atoms in total. The molecule has 1 saturated heterocycles. The number of nitrogens with one attached hydrogen (secondary N) is 2. The number of rotatable bonds is 8. The van der Waals surface area contributed by atoms with Gasteiger partial charge in [0.1, 0.15) is 0 Å². The van der Waals surface area contributed by atoms with Crippen molar-refractivity contribution in [1.29, 1.82) is 0 Å². The Labute approximate surface area is 194 Å². The fourth-order valence-electron chi connectivity index (χ4n) is 3.52. The summed E-state index contributed by atoms with van der Waals surface area (Å²) in [5, 5.41) is 6.09. The summed E-state index contributed by atoms with van der Waals surface area (Å²) in [5.41, 5.74) is 1.05. The lowest BCUT2D eigenvalue weighted by atomic mass is 10.2. The lowest BCUT2D eigenvalue weighted by Crippen LogP contribution is -2.31. The van der Waals surface area contributed by atoms with Crippen LogP contribution in [0.2, 0.25) is 5.02 Å². The lowest BCUT2D eigenvalue weighted by Gasteiger charge is -2.20. The molecule has 3 rings (SSSR count). The minimum Gasteiger partial charge on any atom is -0.352 e. The maximum Gasteiger partial charge on any atom is 0.251 e. The minimum absolute atomic E-state index is 0.200. The van der Waals surface area contributed by atoms with Crippen molar-refractivity contribution in [3.8, 4) is 0 Å². The summed E-state index contributed by atoms with van der Waals surface area (Å²) in [4.78, 5) is 24.4. The van der Waals surface area contributed by atoms with Crippen LogP contribution in [0.15, 0.2) is 53.4 Å². The van der Waals surface area contributed by atoms with Crippen LogP contribution >= 0.6 is 11.6 Å². The zero-order chi connectivity index (χ0) is 23.0. The van der Waals surface area contributed by atoms with E-state index in [-0.39, 0.29) is 23.1 Å². The highest BCUT2D eigenvalue weighted by molar-refractivity contribution is 7.89. The van der Waals surface area contributed by atoms with Gasteiger partial charge >= 0.3 is 0 Å². The van der Waals surface area contributed by atoms with Gasteiger partial charge in [0.25, 0.3) is 5.91 Å². The van der Waals surface area contributed by atoms with Crippen molar-refractivity contribution in [2.75, 3.05) is 25.0 Å². The van der Waals surface area contributed by atoms with Gasteiger partial charge in [0, 0.05) is 42.3 Å². The third-order valence-electron chi connectivity index (χ3n) is 5.31. The SMILES string of the molecule is O=C(CCCNC(=O)c1ccc(Cl)cc1)Nc1ccc(S(=O)(=O)N2CCCCCC2)cc1. The Morgan fingerprint density at radius 3 is 2.16 bits per heavy atom. The van der Waals surface area contributed by atoms with Crippen LogP contribution in [0.5, 0.6) is 0 Å². The molecule has 2 aromatic rings. The third-order valence-corrected chi connectivity index (χ3v) is 7.48. The molecule has 0 unspecified atom stereocenters. The first-order valence-corrected chi connectivity index (χ1v) is 12.6. The molecule has 1 heterocycles. The van der Waals surface area contributed by atoms with Crippen LogP contribution in [0, 0.1) is 0 Å². The number of hydrogen-bond acceptors (Lipinski definition) is 4. The number of sulfonamides is 1. The maximum absolute atomic E-state index is 12.8. The highest BCUT2D eigenvalue weighted by Crippen LogP contribution is 2.22. The summed E-state index contributed by atoms with van der Waals surface area (Å²) in [6.45, 7) is 1.46. The molecule has 0 aliphatic carbocycles. The monoisotopic (exact) mass is 477 g/mol. The molecule has 0 bridgehead atoms. The Balaban J connectivity index is 1.44. The number of carbonyl (C=O) groups excluding carboxylic acids is 2. The summed E-state index contributed by atoms with van der Waals surface area (Å²) in [6.07, 6.45) is 4.59. The second-order valence-electron chi connectivity index (χ2n) is 7.76. The van der Waals surface area contributed by atoms with Gasteiger partial charge in [-0.2, -0.15) is 4.31 Å². The van der Waals surface area contributed by atoms with E-state index in [1.807, 2.05) is 0 Å². The molecule has 172 valence electrons. The predicted octanol–water partition coefficient (Wildman–Crippen LogP) is 4.05. The van der Waals surface area contributed by atoms with E-state index in [2.05, 4.69) is 10.6 Å². The molecule has 0 aromatic heterocycles. The zero-order valence-electron chi connectivity index (χ0n) is 17.8. The molecule has 32 heavy (non-hydrogen) atoms. The van der Waals surface area contributed by atoms with E-state index in [1.165, 1.54) is 12.1 Å². The third kappa shape index (κ3) is 6.79. The average molecular weight is 478 g/mol. The quantitative estimate of drug-likeness (QED) is 0.560. The first-order valence-electron chi connectivity index (χ1n) is 10.8. The number of hydrogen-bond donors (Lipinski definition) is 2. The van der Waals surface area contributed by atoms with Crippen LogP contribution < -0.4 is 10.6 Å². The fraction of sp³-hybridized carbons (Fsp3) is 0.391. The lowest BCUT2D eigenvalue weighted by molar-refractivity contribution is -0.116. The summed E-state index contributed by atoms with van der Waals surface area (Å²) in [7, 11) is -3.51. The van der Waals surface area contributed by atoms with Crippen LogP contribution in [0.4, 0.5) is 5.69 Å². The molecule has 2 N–H and O–H groups in total. The Bertz CT molecular complexity index is 1020. The van der Waals surface area contributed by atoms with Gasteiger partial charge in [-0.15, -0.1) is 0 Å². The molecule has 0 radical (unpaired) electrons. The van der Waals surface area contributed by atoms with Crippen LogP contribution in [-0.2, 0) is 14.8 Å². The second-order valence-corrected chi connectivity index (χ2v) is 10.1. The van der Waals surface area contributed by atoms with E-state index in [4.69, 9.17) is 11.6 Å². The van der Waals surface area contributed by atoms with E-state index < -0.39 is 10.0 Å². The number of carbonyl (C=O) groups is 2. The summed E-state index contributed by atoms with van der Waals surface area (Å²) < 4.78 is 27.2. The number of benzene rings is 2. The van der Waals surface area contributed by atoms with E-state index in [1.54, 1.807) is 40.7 Å². The van der Waals surface area contributed by atoms with Gasteiger partial charge in [-0.3, -0.25) is 9.59 Å². The molecule has 0 atom stereocenters. The fourth-order valence-corrected chi connectivity index (χ4v) is 5.16. The first-order chi connectivity index (χ1) is 15.4. The normalized spacial score (nSPS) is 15.0. The van der Waals surface area contributed by atoms with Gasteiger partial charge in [0.05, 0.1) is 4.90 Å². The van der Waals surface area contributed by atoms with Crippen molar-refractivity contribution in [1.82, 2.24) is 9.62 Å².